The van der Waals surface area contributed by atoms with E-state index in [0.29, 0.717) is 17.3 Å². The number of hydrogen-bond acceptors (Lipinski definition) is 3. The van der Waals surface area contributed by atoms with Crippen molar-refractivity contribution in [3.8, 4) is 11.4 Å². The third-order valence-electron chi connectivity index (χ3n) is 5.83. The summed E-state index contributed by atoms with van der Waals surface area (Å²) in [6.07, 6.45) is -3.30. The fourth-order valence-electron chi connectivity index (χ4n) is 4.16. The monoisotopic (exact) mass is 530 g/mol. The number of halogens is 7. The summed E-state index contributed by atoms with van der Waals surface area (Å²) in [6, 6.07) is 12.7. The van der Waals surface area contributed by atoms with Gasteiger partial charge in [0.25, 0.3) is 0 Å². The van der Waals surface area contributed by atoms with E-state index >= 15 is 0 Å². The average molecular weight is 530 g/mol. The summed E-state index contributed by atoms with van der Waals surface area (Å²) in [6.45, 7) is -0.244. The first-order chi connectivity index (χ1) is 18.1. The third kappa shape index (κ3) is 5.17. The van der Waals surface area contributed by atoms with Gasteiger partial charge in [-0.25, -0.2) is 17.6 Å². The number of alkyl halides is 3. The Morgan fingerprint density at radius 3 is 2.29 bits per heavy atom. The van der Waals surface area contributed by atoms with Crippen molar-refractivity contribution in [2.75, 3.05) is 5.32 Å². The lowest BCUT2D eigenvalue weighted by Gasteiger charge is -2.11. The average Bonchev–Trinajstić information content (AvgIpc) is 3.21. The fourth-order valence-corrected chi connectivity index (χ4v) is 4.16. The predicted octanol–water partition coefficient (Wildman–Crippen LogP) is 7.33. The molecule has 1 N–H and O–H groups in total. The van der Waals surface area contributed by atoms with Crippen LogP contribution in [0.5, 0.6) is 0 Å². The van der Waals surface area contributed by atoms with Gasteiger partial charge in [0.15, 0.2) is 0 Å². The van der Waals surface area contributed by atoms with Crippen molar-refractivity contribution in [3.63, 3.8) is 0 Å². The molecule has 38 heavy (non-hydrogen) atoms. The van der Waals surface area contributed by atoms with Gasteiger partial charge in [-0.2, -0.15) is 18.3 Å². The van der Waals surface area contributed by atoms with E-state index in [1.165, 1.54) is 35.1 Å². The smallest absolute Gasteiger partial charge is 0.381 e. The Hall–Kier alpha value is -4.41. The van der Waals surface area contributed by atoms with Crippen LogP contribution in [0.2, 0.25) is 0 Å². The Labute approximate surface area is 211 Å². The molecule has 4 nitrogen and oxygen atoms in total. The summed E-state index contributed by atoms with van der Waals surface area (Å²) in [4.78, 5) is 4.29. The van der Waals surface area contributed by atoms with Crippen LogP contribution in [0, 0.1) is 23.3 Å². The first-order valence-electron chi connectivity index (χ1n) is 11.2. The molecule has 0 fully saturated rings. The maximum absolute atomic E-state index is 14.4. The predicted molar refractivity (Wildman–Crippen MR) is 127 cm³/mol. The number of fused-ring (bicyclic) bond motifs is 1. The number of anilines is 1. The molecule has 194 valence electrons. The van der Waals surface area contributed by atoms with Gasteiger partial charge in [-0.1, -0.05) is 18.2 Å². The number of benzene rings is 3. The second-order valence-corrected chi connectivity index (χ2v) is 8.50. The van der Waals surface area contributed by atoms with Crippen LogP contribution < -0.4 is 5.32 Å². The molecular formula is C27H17F7N4. The van der Waals surface area contributed by atoms with E-state index in [1.807, 2.05) is 0 Å². The van der Waals surface area contributed by atoms with Gasteiger partial charge < -0.3 is 5.32 Å². The zero-order valence-corrected chi connectivity index (χ0v) is 19.3. The van der Waals surface area contributed by atoms with Crippen LogP contribution in [-0.4, -0.2) is 14.8 Å². The molecule has 2 aromatic heterocycles. The van der Waals surface area contributed by atoms with Crippen molar-refractivity contribution in [1.29, 1.82) is 0 Å². The molecule has 0 aliphatic heterocycles. The van der Waals surface area contributed by atoms with Crippen molar-refractivity contribution >= 4 is 16.6 Å². The SMILES string of the molecule is Fc1cc(F)cc(CNc2ccnc(-c3c4cccc(C(F)(F)F)c4nn3Cc3ccc(F)cc3F)c2)c1. The first kappa shape index (κ1) is 25.2. The minimum Gasteiger partial charge on any atom is -0.381 e. The first-order valence-corrected chi connectivity index (χ1v) is 11.2. The van der Waals surface area contributed by atoms with Crippen molar-refractivity contribution in [2.24, 2.45) is 0 Å². The molecule has 5 aromatic rings. The van der Waals surface area contributed by atoms with Crippen LogP contribution >= 0.6 is 0 Å². The molecule has 0 radical (unpaired) electrons. The van der Waals surface area contributed by atoms with Gasteiger partial charge in [0, 0.05) is 41.5 Å². The lowest BCUT2D eigenvalue weighted by molar-refractivity contribution is -0.136. The summed E-state index contributed by atoms with van der Waals surface area (Å²) in [5, 5.41) is 7.27. The summed E-state index contributed by atoms with van der Waals surface area (Å²) in [5.41, 5.74) is -0.139. The number of aromatic nitrogens is 3. The number of nitrogens with one attached hydrogen (secondary N) is 1. The zero-order chi connectivity index (χ0) is 27.0. The van der Waals surface area contributed by atoms with E-state index in [0.717, 1.165) is 30.3 Å². The molecule has 0 saturated heterocycles. The van der Waals surface area contributed by atoms with E-state index in [-0.39, 0.29) is 40.9 Å². The lowest BCUT2D eigenvalue weighted by atomic mass is 10.1. The van der Waals surface area contributed by atoms with Crippen LogP contribution in [0.15, 0.2) is 72.9 Å². The highest BCUT2D eigenvalue weighted by molar-refractivity contribution is 5.95. The summed E-state index contributed by atoms with van der Waals surface area (Å²) in [7, 11) is 0. The minimum absolute atomic E-state index is 0.0106. The van der Waals surface area contributed by atoms with Gasteiger partial charge in [-0.15, -0.1) is 0 Å². The molecule has 11 heteroatoms. The molecular weight excluding hydrogens is 513 g/mol. The quantitative estimate of drug-likeness (QED) is 0.234. The topological polar surface area (TPSA) is 42.7 Å². The molecule has 0 amide bonds. The molecule has 3 aromatic carbocycles. The van der Waals surface area contributed by atoms with E-state index in [4.69, 9.17) is 0 Å². The standard InChI is InChI=1S/C27H17F7N4/c28-17-5-4-16(23(31)11-17)14-38-26(21-2-1-3-22(25(21)37-38)27(32,33)34)24-12-20(6-7-35-24)36-13-15-8-18(29)10-19(30)9-15/h1-12H,13-14H2,(H,35,36). The van der Waals surface area contributed by atoms with E-state index in [2.05, 4.69) is 15.4 Å². The van der Waals surface area contributed by atoms with Gasteiger partial charge in [0.1, 0.15) is 28.8 Å². The molecule has 2 heterocycles. The molecule has 0 aliphatic carbocycles. The van der Waals surface area contributed by atoms with Gasteiger partial charge in [0.2, 0.25) is 0 Å². The zero-order valence-electron chi connectivity index (χ0n) is 19.3. The molecule has 0 atom stereocenters. The lowest BCUT2D eigenvalue weighted by Crippen LogP contribution is -2.08. The van der Waals surface area contributed by atoms with Crippen LogP contribution in [0.4, 0.5) is 36.4 Å². The number of pyridine rings is 1. The largest absolute Gasteiger partial charge is 0.418 e. The maximum Gasteiger partial charge on any atom is 0.418 e. The Kier molecular flexibility index (Phi) is 6.52. The normalized spacial score (nSPS) is 11.8. The van der Waals surface area contributed by atoms with Crippen molar-refractivity contribution in [2.45, 2.75) is 19.3 Å². The van der Waals surface area contributed by atoms with Gasteiger partial charge in [-0.05, 0) is 42.0 Å². The number of hydrogen-bond donors (Lipinski definition) is 1. The second kappa shape index (κ2) is 9.81. The summed E-state index contributed by atoms with van der Waals surface area (Å²) >= 11 is 0. The van der Waals surface area contributed by atoms with Crippen molar-refractivity contribution in [1.82, 2.24) is 14.8 Å². The Morgan fingerprint density at radius 1 is 0.816 bits per heavy atom. The van der Waals surface area contributed by atoms with Gasteiger partial charge in [0.05, 0.1) is 23.5 Å². The number of rotatable bonds is 6. The summed E-state index contributed by atoms with van der Waals surface area (Å²) < 4.78 is 97.3. The highest BCUT2D eigenvalue weighted by Crippen LogP contribution is 2.38. The Bertz CT molecular complexity index is 1620. The molecule has 0 bridgehead atoms. The van der Waals surface area contributed by atoms with Crippen LogP contribution in [0.25, 0.3) is 22.3 Å². The molecule has 0 unspecified atom stereocenters. The third-order valence-corrected chi connectivity index (χ3v) is 5.83. The minimum atomic E-state index is -4.70. The second-order valence-electron chi connectivity index (χ2n) is 8.50. The highest BCUT2D eigenvalue weighted by atomic mass is 19.4. The van der Waals surface area contributed by atoms with Crippen molar-refractivity contribution < 1.29 is 30.7 Å². The Balaban J connectivity index is 1.59. The van der Waals surface area contributed by atoms with E-state index in [9.17, 15) is 30.7 Å². The fraction of sp³-hybridized carbons (Fsp3) is 0.111. The van der Waals surface area contributed by atoms with Gasteiger partial charge in [-0.3, -0.25) is 9.67 Å². The maximum atomic E-state index is 14.4. The van der Waals surface area contributed by atoms with E-state index in [1.54, 1.807) is 6.07 Å². The van der Waals surface area contributed by atoms with Crippen LogP contribution in [0.3, 0.4) is 0 Å². The number of nitrogens with zero attached hydrogens (tertiary/aromatic N) is 3. The molecule has 5 rings (SSSR count). The van der Waals surface area contributed by atoms with Crippen molar-refractivity contribution in [3.05, 3.63) is 113 Å². The molecule has 0 spiro atoms. The van der Waals surface area contributed by atoms with Gasteiger partial charge >= 0.3 is 6.18 Å². The molecule has 0 aliphatic rings. The summed E-state index contributed by atoms with van der Waals surface area (Å²) in [5.74, 6) is -3.14. The van der Waals surface area contributed by atoms with E-state index < -0.39 is 35.0 Å². The Morgan fingerprint density at radius 2 is 1.58 bits per heavy atom. The van der Waals surface area contributed by atoms with Crippen LogP contribution in [0.1, 0.15) is 16.7 Å². The molecule has 0 saturated carbocycles. The van der Waals surface area contributed by atoms with Crippen LogP contribution in [-0.2, 0) is 19.3 Å². The highest BCUT2D eigenvalue weighted by Gasteiger charge is 2.34.